The van der Waals surface area contributed by atoms with E-state index in [-0.39, 0.29) is 27.7 Å². The largest absolute Gasteiger partial charge is 0.545 e. The van der Waals surface area contributed by atoms with Crippen molar-refractivity contribution < 1.29 is 23.9 Å². The Bertz CT molecular complexity index is 965. The van der Waals surface area contributed by atoms with Crippen molar-refractivity contribution in [1.82, 2.24) is 4.90 Å². The van der Waals surface area contributed by atoms with Crippen LogP contribution in [0.1, 0.15) is 36.4 Å². The molecule has 6 nitrogen and oxygen atoms in total. The zero-order chi connectivity index (χ0) is 19.7. The van der Waals surface area contributed by atoms with E-state index in [0.717, 1.165) is 11.8 Å². The van der Waals surface area contributed by atoms with Crippen LogP contribution in [0.4, 0.5) is 4.79 Å². The highest BCUT2D eigenvalue weighted by Crippen LogP contribution is 2.36. The summed E-state index contributed by atoms with van der Waals surface area (Å²) >= 11 is 6.99. The molecule has 0 saturated carbocycles. The topological polar surface area (TPSA) is 90.7 Å². The van der Waals surface area contributed by atoms with Crippen LogP contribution in [0.5, 0.6) is 0 Å². The van der Waals surface area contributed by atoms with Crippen LogP contribution in [0.3, 0.4) is 0 Å². The fraction of sp³-hybridized carbons (Fsp3) is 0.211. The molecule has 3 rings (SSSR count). The molecule has 1 aromatic carbocycles. The van der Waals surface area contributed by atoms with Gasteiger partial charge in [-0.15, -0.1) is 0 Å². The van der Waals surface area contributed by atoms with Crippen molar-refractivity contribution in [3.63, 3.8) is 0 Å². The van der Waals surface area contributed by atoms with Crippen LogP contribution in [0.25, 0.3) is 17.4 Å². The summed E-state index contributed by atoms with van der Waals surface area (Å²) in [5.41, 5.74) is 0.368. The number of amides is 2. The minimum atomic E-state index is -1.32. The maximum Gasteiger partial charge on any atom is 0.293 e. The van der Waals surface area contributed by atoms with E-state index < -0.39 is 5.97 Å². The molecule has 2 heterocycles. The van der Waals surface area contributed by atoms with E-state index in [2.05, 4.69) is 0 Å². The summed E-state index contributed by atoms with van der Waals surface area (Å²) < 4.78 is 5.68. The Balaban J connectivity index is 1.90. The average Bonchev–Trinajstić information content (AvgIpc) is 3.19. The first-order valence-corrected chi connectivity index (χ1v) is 9.39. The number of imide groups is 1. The summed E-state index contributed by atoms with van der Waals surface area (Å²) in [6.45, 7) is 3.72. The van der Waals surface area contributed by atoms with E-state index in [1.807, 2.05) is 13.8 Å². The van der Waals surface area contributed by atoms with Gasteiger partial charge in [-0.25, -0.2) is 0 Å². The summed E-state index contributed by atoms with van der Waals surface area (Å²) in [4.78, 5) is 37.1. The lowest BCUT2D eigenvalue weighted by Crippen LogP contribution is -2.36. The third-order valence-corrected chi connectivity index (χ3v) is 5.44. The summed E-state index contributed by atoms with van der Waals surface area (Å²) in [5.74, 6) is -0.974. The van der Waals surface area contributed by atoms with E-state index in [0.29, 0.717) is 28.5 Å². The molecular formula is C19H15ClNO5S-. The minimum absolute atomic E-state index is 0.0259. The molecular weight excluding hydrogens is 390 g/mol. The van der Waals surface area contributed by atoms with Gasteiger partial charge in [-0.2, -0.15) is 0 Å². The third-order valence-electron chi connectivity index (χ3n) is 4.22. The molecule has 1 fully saturated rings. The number of hydrogen-bond donors (Lipinski definition) is 0. The van der Waals surface area contributed by atoms with Crippen molar-refractivity contribution in [3.05, 3.63) is 51.6 Å². The number of thioether (sulfide) groups is 1. The first kappa shape index (κ1) is 19.3. The number of carbonyl (C=O) groups is 3. The minimum Gasteiger partial charge on any atom is -0.545 e. The number of nitrogens with zero attached hydrogens (tertiary/aromatic N) is 1. The number of benzene rings is 1. The van der Waals surface area contributed by atoms with E-state index in [9.17, 15) is 19.5 Å². The van der Waals surface area contributed by atoms with Gasteiger partial charge in [-0.05, 0) is 54.9 Å². The number of carboxylic acids is 1. The van der Waals surface area contributed by atoms with Crippen molar-refractivity contribution in [2.24, 2.45) is 0 Å². The second-order valence-electron chi connectivity index (χ2n) is 5.99. The van der Waals surface area contributed by atoms with Gasteiger partial charge in [-0.1, -0.05) is 24.6 Å². The predicted octanol–water partition coefficient (Wildman–Crippen LogP) is 3.80. The number of rotatable bonds is 5. The predicted molar refractivity (Wildman–Crippen MR) is 101 cm³/mol. The van der Waals surface area contributed by atoms with Crippen LogP contribution in [0, 0.1) is 0 Å². The van der Waals surface area contributed by atoms with E-state index in [1.165, 1.54) is 29.2 Å². The van der Waals surface area contributed by atoms with Crippen LogP contribution >= 0.6 is 23.4 Å². The summed E-state index contributed by atoms with van der Waals surface area (Å²) in [6.07, 6.45) is 2.16. The first-order chi connectivity index (χ1) is 12.8. The van der Waals surface area contributed by atoms with Crippen molar-refractivity contribution in [3.8, 4) is 11.3 Å². The average molecular weight is 405 g/mol. The zero-order valence-corrected chi connectivity index (χ0v) is 16.1. The lowest BCUT2D eigenvalue weighted by atomic mass is 10.1. The molecule has 0 bridgehead atoms. The Morgan fingerprint density at radius 2 is 2.07 bits per heavy atom. The highest BCUT2D eigenvalue weighted by Gasteiger charge is 2.37. The number of hydrogen-bond acceptors (Lipinski definition) is 6. The number of halogens is 1. The van der Waals surface area contributed by atoms with E-state index in [1.54, 1.807) is 12.1 Å². The molecule has 0 radical (unpaired) electrons. The Hall–Kier alpha value is -2.51. The maximum absolute atomic E-state index is 12.5. The van der Waals surface area contributed by atoms with Crippen molar-refractivity contribution in [1.29, 1.82) is 0 Å². The molecule has 2 amide bonds. The van der Waals surface area contributed by atoms with Gasteiger partial charge in [0.25, 0.3) is 11.1 Å². The van der Waals surface area contributed by atoms with Gasteiger partial charge in [0.05, 0.1) is 15.9 Å². The molecule has 1 aromatic heterocycles. The van der Waals surface area contributed by atoms with Gasteiger partial charge in [0.1, 0.15) is 11.5 Å². The van der Waals surface area contributed by atoms with Crippen LogP contribution in [0.2, 0.25) is 5.02 Å². The first-order valence-electron chi connectivity index (χ1n) is 8.20. The summed E-state index contributed by atoms with van der Waals surface area (Å²) in [5, 5.41) is 11.0. The SMILES string of the molecule is CC[C@H](C)N1C(=O)S/C(=C\c2ccc(-c3cc(C(=O)[O-])ccc3Cl)o2)C1=O. The van der Waals surface area contributed by atoms with Crippen LogP contribution in [-0.2, 0) is 4.79 Å². The van der Waals surface area contributed by atoms with Gasteiger partial charge < -0.3 is 14.3 Å². The Morgan fingerprint density at radius 1 is 1.33 bits per heavy atom. The molecule has 8 heteroatoms. The number of carbonyl (C=O) groups excluding carboxylic acids is 3. The Kier molecular flexibility index (Phi) is 5.43. The monoisotopic (exact) mass is 404 g/mol. The van der Waals surface area contributed by atoms with Crippen molar-refractivity contribution in [2.45, 2.75) is 26.3 Å². The Labute approximate surface area is 164 Å². The van der Waals surface area contributed by atoms with Gasteiger partial charge in [0, 0.05) is 17.7 Å². The maximum atomic E-state index is 12.5. The molecule has 0 aliphatic carbocycles. The smallest absolute Gasteiger partial charge is 0.293 e. The molecule has 1 aliphatic heterocycles. The molecule has 1 saturated heterocycles. The van der Waals surface area contributed by atoms with E-state index in [4.69, 9.17) is 16.0 Å². The molecule has 140 valence electrons. The zero-order valence-electron chi connectivity index (χ0n) is 14.5. The number of furan rings is 1. The fourth-order valence-corrected chi connectivity index (χ4v) is 3.71. The van der Waals surface area contributed by atoms with Crippen LogP contribution < -0.4 is 5.11 Å². The molecule has 2 aromatic rings. The highest BCUT2D eigenvalue weighted by atomic mass is 35.5. The van der Waals surface area contributed by atoms with Crippen molar-refractivity contribution in [2.75, 3.05) is 0 Å². The molecule has 27 heavy (non-hydrogen) atoms. The Morgan fingerprint density at radius 3 is 2.74 bits per heavy atom. The lowest BCUT2D eigenvalue weighted by Gasteiger charge is -2.19. The number of carboxylic acid groups (broad SMARTS) is 1. The third kappa shape index (κ3) is 3.79. The normalized spacial score (nSPS) is 17.0. The van der Waals surface area contributed by atoms with Crippen LogP contribution in [-0.4, -0.2) is 28.1 Å². The van der Waals surface area contributed by atoms with Gasteiger partial charge in [0.15, 0.2) is 0 Å². The summed E-state index contributed by atoms with van der Waals surface area (Å²) in [6, 6.07) is 7.20. The quantitative estimate of drug-likeness (QED) is 0.704. The fourth-order valence-electron chi connectivity index (χ4n) is 2.59. The van der Waals surface area contributed by atoms with Gasteiger partial charge >= 0.3 is 0 Å². The molecule has 0 unspecified atom stereocenters. The lowest BCUT2D eigenvalue weighted by molar-refractivity contribution is -0.255. The summed E-state index contributed by atoms with van der Waals surface area (Å²) in [7, 11) is 0. The van der Waals surface area contributed by atoms with Crippen molar-refractivity contribution >= 4 is 46.6 Å². The molecule has 1 aliphatic rings. The molecule has 0 spiro atoms. The molecule has 0 N–H and O–H groups in total. The van der Waals surface area contributed by atoms with E-state index >= 15 is 0 Å². The number of aromatic carboxylic acids is 1. The second kappa shape index (κ2) is 7.62. The van der Waals surface area contributed by atoms with Gasteiger partial charge in [-0.3, -0.25) is 14.5 Å². The van der Waals surface area contributed by atoms with Gasteiger partial charge in [0.2, 0.25) is 0 Å². The van der Waals surface area contributed by atoms with Crippen LogP contribution in [0.15, 0.2) is 39.7 Å². The standard InChI is InChI=1S/C19H16ClNO5S/c1-3-10(2)21-17(22)16(27-19(21)25)9-12-5-7-15(26-12)13-8-11(18(23)24)4-6-14(13)20/h4-10H,3H2,1-2H3,(H,23,24)/p-1/b16-9-/t10-/m0/s1. The second-order valence-corrected chi connectivity index (χ2v) is 7.39. The highest BCUT2D eigenvalue weighted by molar-refractivity contribution is 8.18. The molecule has 1 atom stereocenters.